The third-order valence-electron chi connectivity index (χ3n) is 3.65. The van der Waals surface area contributed by atoms with Crippen molar-refractivity contribution in [2.75, 3.05) is 26.7 Å². The van der Waals surface area contributed by atoms with Crippen molar-refractivity contribution in [3.8, 4) is 0 Å². The molecule has 0 amide bonds. The molecule has 0 aliphatic carbocycles. The minimum Gasteiger partial charge on any atom is -0.469 e. The zero-order chi connectivity index (χ0) is 15.5. The maximum atomic E-state index is 12.6. The monoisotopic (exact) mass is 305 g/mol. The Bertz CT molecular complexity index is 487. The molecule has 0 aromatic carbocycles. The molecule has 21 heavy (non-hydrogen) atoms. The highest BCUT2D eigenvalue weighted by atomic mass is 19.4. The van der Waals surface area contributed by atoms with Gasteiger partial charge in [-0.2, -0.15) is 13.2 Å². The molecule has 8 heteroatoms. The number of carbonyl (C=O) groups excluding carboxylic acids is 1. The van der Waals surface area contributed by atoms with Gasteiger partial charge >= 0.3 is 12.1 Å². The normalized spacial score (nSPS) is 20.5. The minimum atomic E-state index is -4.40. The summed E-state index contributed by atoms with van der Waals surface area (Å²) in [5.74, 6) is 0.0204. The molecule has 1 aliphatic heterocycles. The van der Waals surface area contributed by atoms with Crippen molar-refractivity contribution in [1.29, 1.82) is 0 Å². The van der Waals surface area contributed by atoms with E-state index in [0.717, 1.165) is 25.6 Å². The average molecular weight is 305 g/mol. The number of nitrogens with one attached hydrogen (secondary N) is 1. The van der Waals surface area contributed by atoms with Gasteiger partial charge in [-0.05, 0) is 19.4 Å². The summed E-state index contributed by atoms with van der Waals surface area (Å²) in [6, 6.07) is 0. The zero-order valence-electron chi connectivity index (χ0n) is 11.7. The Hall–Kier alpha value is -1.57. The quantitative estimate of drug-likeness (QED) is 0.866. The van der Waals surface area contributed by atoms with E-state index in [1.807, 2.05) is 0 Å². The molecule has 0 radical (unpaired) electrons. The number of hydrogen-bond acceptors (Lipinski definition) is 4. The Kier molecular flexibility index (Phi) is 4.87. The highest BCUT2D eigenvalue weighted by molar-refractivity contribution is 5.69. The van der Waals surface area contributed by atoms with Gasteiger partial charge in [-0.15, -0.1) is 0 Å². The lowest BCUT2D eigenvalue weighted by Crippen LogP contribution is -2.36. The molecule has 1 aliphatic rings. The Labute approximate surface area is 120 Å². The topological polar surface area (TPSA) is 58.2 Å². The number of aromatic amines is 1. The van der Waals surface area contributed by atoms with Crippen molar-refractivity contribution in [1.82, 2.24) is 14.9 Å². The number of likely N-dealkylation sites (tertiary alicyclic amines) is 1. The first kappa shape index (κ1) is 15.8. The van der Waals surface area contributed by atoms with Gasteiger partial charge in [-0.1, -0.05) is 0 Å². The van der Waals surface area contributed by atoms with Crippen LogP contribution in [0.2, 0.25) is 0 Å². The third kappa shape index (κ3) is 4.20. The summed E-state index contributed by atoms with van der Waals surface area (Å²) in [4.78, 5) is 19.4. The van der Waals surface area contributed by atoms with Crippen LogP contribution in [0.4, 0.5) is 13.2 Å². The summed E-state index contributed by atoms with van der Waals surface area (Å²) in [5.41, 5.74) is -0.816. The predicted octanol–water partition coefficient (Wildman–Crippen LogP) is 2.17. The van der Waals surface area contributed by atoms with Gasteiger partial charge in [0.1, 0.15) is 11.5 Å². The molecule has 1 saturated heterocycles. The van der Waals surface area contributed by atoms with E-state index in [0.29, 0.717) is 18.9 Å². The number of halogens is 3. The van der Waals surface area contributed by atoms with Crippen LogP contribution < -0.4 is 0 Å². The average Bonchev–Trinajstić information content (AvgIpc) is 2.95. The van der Waals surface area contributed by atoms with E-state index in [1.54, 1.807) is 0 Å². The van der Waals surface area contributed by atoms with E-state index in [1.165, 1.54) is 7.11 Å². The number of esters is 1. The summed E-state index contributed by atoms with van der Waals surface area (Å²) in [6.07, 6.45) is -1.62. The van der Waals surface area contributed by atoms with Crippen molar-refractivity contribution >= 4 is 5.97 Å². The molecule has 2 heterocycles. The van der Waals surface area contributed by atoms with Crippen LogP contribution in [-0.4, -0.2) is 47.6 Å². The molecule has 5 nitrogen and oxygen atoms in total. The molecular weight excluding hydrogens is 287 g/mol. The number of methoxy groups -OCH3 is 1. The van der Waals surface area contributed by atoms with Gasteiger partial charge in [0.15, 0.2) is 0 Å². The number of H-pyrrole nitrogens is 1. The molecule has 1 aromatic rings. The molecule has 118 valence electrons. The summed E-state index contributed by atoms with van der Waals surface area (Å²) in [6.45, 7) is 1.98. The molecular formula is C13H18F3N3O2. The van der Waals surface area contributed by atoms with Crippen LogP contribution in [0.5, 0.6) is 0 Å². The van der Waals surface area contributed by atoms with Gasteiger partial charge in [0, 0.05) is 19.0 Å². The molecule has 1 fully saturated rings. The van der Waals surface area contributed by atoms with Crippen LogP contribution in [0.15, 0.2) is 6.20 Å². The highest BCUT2D eigenvalue weighted by Gasteiger charge is 2.34. The predicted molar refractivity (Wildman–Crippen MR) is 68.6 cm³/mol. The number of nitrogens with zero attached hydrogens (tertiary/aromatic N) is 2. The SMILES string of the molecule is COC(=O)CCN1CCC[C@H](c2ncc(C(F)(F)F)[nH]2)C1. The van der Waals surface area contributed by atoms with E-state index >= 15 is 0 Å². The van der Waals surface area contributed by atoms with Crippen molar-refractivity contribution in [2.24, 2.45) is 0 Å². The van der Waals surface area contributed by atoms with Gasteiger partial charge in [0.05, 0.1) is 19.7 Å². The minimum absolute atomic E-state index is 0.0625. The van der Waals surface area contributed by atoms with Gasteiger partial charge in [-0.25, -0.2) is 4.98 Å². The highest BCUT2D eigenvalue weighted by Crippen LogP contribution is 2.30. The van der Waals surface area contributed by atoms with Crippen molar-refractivity contribution in [3.05, 3.63) is 17.7 Å². The van der Waals surface area contributed by atoms with E-state index in [2.05, 4.69) is 19.6 Å². The molecule has 0 bridgehead atoms. The molecule has 0 spiro atoms. The van der Waals surface area contributed by atoms with Crippen LogP contribution in [0.25, 0.3) is 0 Å². The molecule has 2 rings (SSSR count). The summed E-state index contributed by atoms with van der Waals surface area (Å²) in [5, 5.41) is 0. The Morgan fingerprint density at radius 2 is 2.33 bits per heavy atom. The lowest BCUT2D eigenvalue weighted by molar-refractivity contribution is -0.142. The van der Waals surface area contributed by atoms with E-state index < -0.39 is 11.9 Å². The van der Waals surface area contributed by atoms with Gasteiger partial charge in [0.2, 0.25) is 0 Å². The summed E-state index contributed by atoms with van der Waals surface area (Å²) >= 11 is 0. The fraction of sp³-hybridized carbons (Fsp3) is 0.692. The van der Waals surface area contributed by atoms with Gasteiger partial charge in [0.25, 0.3) is 0 Å². The van der Waals surface area contributed by atoms with Gasteiger partial charge in [-0.3, -0.25) is 4.79 Å². The smallest absolute Gasteiger partial charge is 0.432 e. The van der Waals surface area contributed by atoms with Crippen LogP contribution in [0, 0.1) is 0 Å². The number of imidazole rings is 1. The third-order valence-corrected chi connectivity index (χ3v) is 3.65. The molecule has 0 unspecified atom stereocenters. The van der Waals surface area contributed by atoms with Crippen LogP contribution in [-0.2, 0) is 15.7 Å². The lowest BCUT2D eigenvalue weighted by Gasteiger charge is -2.31. The largest absolute Gasteiger partial charge is 0.469 e. The lowest BCUT2D eigenvalue weighted by atomic mass is 9.97. The van der Waals surface area contributed by atoms with Crippen molar-refractivity contribution in [2.45, 2.75) is 31.4 Å². The Morgan fingerprint density at radius 3 is 2.95 bits per heavy atom. The first-order valence-electron chi connectivity index (χ1n) is 6.81. The van der Waals surface area contributed by atoms with Crippen LogP contribution >= 0.6 is 0 Å². The second-order valence-corrected chi connectivity index (χ2v) is 5.15. The first-order valence-corrected chi connectivity index (χ1v) is 6.81. The number of piperidine rings is 1. The molecule has 1 N–H and O–H groups in total. The van der Waals surface area contributed by atoms with Crippen molar-refractivity contribution < 1.29 is 22.7 Å². The Morgan fingerprint density at radius 1 is 1.57 bits per heavy atom. The number of ether oxygens (including phenoxy) is 1. The van der Waals surface area contributed by atoms with E-state index in [4.69, 9.17) is 0 Å². The second-order valence-electron chi connectivity index (χ2n) is 5.15. The fourth-order valence-corrected chi connectivity index (χ4v) is 2.52. The van der Waals surface area contributed by atoms with Crippen molar-refractivity contribution in [3.63, 3.8) is 0 Å². The zero-order valence-corrected chi connectivity index (χ0v) is 11.7. The standard InChI is InChI=1S/C13H18F3N3O2/c1-21-11(20)4-6-19-5-2-3-9(8-19)12-17-7-10(18-12)13(14,15)16/h7,9H,2-6,8H2,1H3,(H,17,18)/t9-/m0/s1. The maximum absolute atomic E-state index is 12.6. The number of aromatic nitrogens is 2. The molecule has 1 atom stereocenters. The van der Waals surface area contributed by atoms with Crippen LogP contribution in [0.3, 0.4) is 0 Å². The van der Waals surface area contributed by atoms with E-state index in [9.17, 15) is 18.0 Å². The second kappa shape index (κ2) is 6.46. The number of alkyl halides is 3. The summed E-state index contributed by atoms with van der Waals surface area (Å²) in [7, 11) is 1.34. The van der Waals surface area contributed by atoms with Gasteiger partial charge < -0.3 is 14.6 Å². The number of carbonyl (C=O) groups is 1. The van der Waals surface area contributed by atoms with Crippen LogP contribution in [0.1, 0.15) is 36.7 Å². The fourth-order valence-electron chi connectivity index (χ4n) is 2.52. The maximum Gasteiger partial charge on any atom is 0.432 e. The number of rotatable bonds is 4. The summed E-state index contributed by atoms with van der Waals surface area (Å²) < 4.78 is 42.3. The molecule has 1 aromatic heterocycles. The molecule has 0 saturated carbocycles. The van der Waals surface area contributed by atoms with E-state index in [-0.39, 0.29) is 18.3 Å². The first-order chi connectivity index (χ1) is 9.90. The Balaban J connectivity index is 1.94. The number of hydrogen-bond donors (Lipinski definition) is 1.